The number of halogens is 1. The van der Waals surface area contributed by atoms with Crippen LogP contribution in [0, 0.1) is 6.92 Å². The lowest BCUT2D eigenvalue weighted by Gasteiger charge is -2.26. The van der Waals surface area contributed by atoms with Gasteiger partial charge < -0.3 is 9.84 Å². The molecule has 4 rings (SSSR count). The fourth-order valence-electron chi connectivity index (χ4n) is 4.33. The summed E-state index contributed by atoms with van der Waals surface area (Å²) < 4.78 is 5.43. The summed E-state index contributed by atoms with van der Waals surface area (Å²) in [6, 6.07) is 19.3. The molecule has 0 spiro atoms. The average molecular weight is 476 g/mol. The molecule has 5 nitrogen and oxygen atoms in total. The maximum absolute atomic E-state index is 13.3. The predicted molar refractivity (Wildman–Crippen MR) is 134 cm³/mol. The molecule has 3 aromatic carbocycles. The molecule has 0 aliphatic carbocycles. The van der Waals surface area contributed by atoms with E-state index in [1.807, 2.05) is 61.5 Å². The van der Waals surface area contributed by atoms with E-state index < -0.39 is 17.7 Å². The van der Waals surface area contributed by atoms with Crippen LogP contribution >= 0.6 is 11.6 Å². The summed E-state index contributed by atoms with van der Waals surface area (Å²) in [5, 5.41) is 11.7. The van der Waals surface area contributed by atoms with Gasteiger partial charge in [-0.1, -0.05) is 67.9 Å². The second-order valence-electron chi connectivity index (χ2n) is 8.65. The molecule has 1 amide bonds. The Morgan fingerprint density at radius 3 is 2.26 bits per heavy atom. The molecule has 3 aromatic rings. The first-order chi connectivity index (χ1) is 16.2. The van der Waals surface area contributed by atoms with Gasteiger partial charge in [0.05, 0.1) is 29.3 Å². The van der Waals surface area contributed by atoms with Crippen molar-refractivity contribution in [1.82, 2.24) is 0 Å². The fourth-order valence-corrected chi connectivity index (χ4v) is 4.68. The lowest BCUT2D eigenvalue weighted by Crippen LogP contribution is -2.29. The number of methoxy groups -OCH3 is 1. The molecule has 1 aliphatic heterocycles. The average Bonchev–Trinajstić information content (AvgIpc) is 3.09. The van der Waals surface area contributed by atoms with E-state index in [-0.39, 0.29) is 22.6 Å². The summed E-state index contributed by atoms with van der Waals surface area (Å²) in [5.41, 5.74) is 3.44. The monoisotopic (exact) mass is 475 g/mol. The molecular formula is C28H26ClNO4. The number of aliphatic hydroxyl groups excluding tert-OH is 1. The number of hydrogen-bond acceptors (Lipinski definition) is 4. The molecule has 0 radical (unpaired) electrons. The molecule has 0 saturated carbocycles. The van der Waals surface area contributed by atoms with Crippen molar-refractivity contribution in [3.63, 3.8) is 0 Å². The second-order valence-corrected chi connectivity index (χ2v) is 9.06. The van der Waals surface area contributed by atoms with Crippen LogP contribution in [0.2, 0.25) is 5.02 Å². The molecule has 1 saturated heterocycles. The van der Waals surface area contributed by atoms with Crippen molar-refractivity contribution < 1.29 is 19.4 Å². The predicted octanol–water partition coefficient (Wildman–Crippen LogP) is 6.41. The molecule has 0 bridgehead atoms. The highest BCUT2D eigenvalue weighted by molar-refractivity contribution is 6.51. The molecule has 6 heteroatoms. The van der Waals surface area contributed by atoms with Gasteiger partial charge in [-0.2, -0.15) is 0 Å². The van der Waals surface area contributed by atoms with E-state index in [0.717, 1.165) is 11.1 Å². The van der Waals surface area contributed by atoms with Gasteiger partial charge >= 0.3 is 0 Å². The third-order valence-electron chi connectivity index (χ3n) is 6.04. The molecule has 1 fully saturated rings. The third-order valence-corrected chi connectivity index (χ3v) is 6.33. The number of carbonyl (C=O) groups is 2. The van der Waals surface area contributed by atoms with Crippen molar-refractivity contribution >= 4 is 34.7 Å². The molecule has 1 atom stereocenters. The smallest absolute Gasteiger partial charge is 0.300 e. The van der Waals surface area contributed by atoms with Gasteiger partial charge in [-0.3, -0.25) is 14.5 Å². The Hall–Kier alpha value is -3.57. The zero-order valence-corrected chi connectivity index (χ0v) is 20.3. The van der Waals surface area contributed by atoms with Crippen molar-refractivity contribution in [2.75, 3.05) is 12.0 Å². The fraction of sp³-hybridized carbons (Fsp3) is 0.214. The molecular weight excluding hydrogens is 450 g/mol. The number of hydrogen-bond donors (Lipinski definition) is 1. The zero-order chi connectivity index (χ0) is 24.6. The first-order valence-corrected chi connectivity index (χ1v) is 11.4. The van der Waals surface area contributed by atoms with E-state index in [4.69, 9.17) is 16.3 Å². The Kier molecular flexibility index (Phi) is 6.49. The van der Waals surface area contributed by atoms with Crippen molar-refractivity contribution in [3.05, 3.63) is 99.6 Å². The molecule has 1 N–H and O–H groups in total. The van der Waals surface area contributed by atoms with Gasteiger partial charge in [-0.25, -0.2) is 0 Å². The van der Waals surface area contributed by atoms with Crippen LogP contribution in [0.25, 0.3) is 5.76 Å². The molecule has 34 heavy (non-hydrogen) atoms. The van der Waals surface area contributed by atoms with Crippen LogP contribution in [0.5, 0.6) is 5.75 Å². The molecule has 174 valence electrons. The summed E-state index contributed by atoms with van der Waals surface area (Å²) in [7, 11) is 1.44. The maximum Gasteiger partial charge on any atom is 0.300 e. The molecule has 1 aliphatic rings. The maximum atomic E-state index is 13.3. The van der Waals surface area contributed by atoms with Crippen LogP contribution in [-0.2, 0) is 9.59 Å². The Morgan fingerprint density at radius 2 is 1.68 bits per heavy atom. The van der Waals surface area contributed by atoms with Crippen LogP contribution in [0.1, 0.15) is 48.1 Å². The van der Waals surface area contributed by atoms with Crippen molar-refractivity contribution in [2.24, 2.45) is 0 Å². The highest BCUT2D eigenvalue weighted by Gasteiger charge is 2.47. The van der Waals surface area contributed by atoms with Crippen molar-refractivity contribution in [2.45, 2.75) is 32.7 Å². The zero-order valence-electron chi connectivity index (χ0n) is 19.5. The summed E-state index contributed by atoms with van der Waals surface area (Å²) in [6.45, 7) is 6.00. The van der Waals surface area contributed by atoms with Crippen LogP contribution in [0.3, 0.4) is 0 Å². The molecule has 1 unspecified atom stereocenters. The van der Waals surface area contributed by atoms with Gasteiger partial charge in [0, 0.05) is 5.69 Å². The largest absolute Gasteiger partial charge is 0.507 e. The minimum Gasteiger partial charge on any atom is -0.507 e. The van der Waals surface area contributed by atoms with E-state index >= 15 is 0 Å². The summed E-state index contributed by atoms with van der Waals surface area (Å²) in [4.78, 5) is 28.1. The number of aryl methyl sites for hydroxylation is 1. The molecule has 0 aromatic heterocycles. The lowest BCUT2D eigenvalue weighted by atomic mass is 9.94. The standard InChI is InChI=1S/C28H26ClNO4/c1-16(2)18-10-12-20(13-11-18)30-24(19-8-6-5-7-9-19)23(26(32)28(30)33)25(31)21-14-17(3)15-22(29)27(21)34-4/h5-16,24,31H,1-4H3/b25-23+. The quantitative estimate of drug-likeness (QED) is 0.263. The number of aliphatic hydroxyl groups is 1. The van der Waals surface area contributed by atoms with E-state index in [2.05, 4.69) is 13.8 Å². The minimum atomic E-state index is -0.810. The van der Waals surface area contributed by atoms with E-state index in [1.54, 1.807) is 12.1 Å². The van der Waals surface area contributed by atoms with Gasteiger partial charge in [0.25, 0.3) is 11.7 Å². The number of ketones is 1. The van der Waals surface area contributed by atoms with Crippen LogP contribution in [0.15, 0.2) is 72.3 Å². The number of anilines is 1. The summed E-state index contributed by atoms with van der Waals surface area (Å²) in [6.07, 6.45) is 0. The topological polar surface area (TPSA) is 66.8 Å². The highest BCUT2D eigenvalue weighted by atomic mass is 35.5. The Labute approximate surface area is 204 Å². The van der Waals surface area contributed by atoms with Crippen LogP contribution < -0.4 is 9.64 Å². The lowest BCUT2D eigenvalue weighted by molar-refractivity contribution is -0.132. The normalized spacial score (nSPS) is 17.5. The number of ether oxygens (including phenoxy) is 1. The van der Waals surface area contributed by atoms with Crippen LogP contribution in [0.4, 0.5) is 5.69 Å². The third kappa shape index (κ3) is 4.08. The van der Waals surface area contributed by atoms with Gasteiger partial charge in [0.2, 0.25) is 0 Å². The van der Waals surface area contributed by atoms with E-state index in [9.17, 15) is 14.7 Å². The first-order valence-electron chi connectivity index (χ1n) is 11.0. The number of benzene rings is 3. The number of Topliss-reactive ketones (excluding diaryl/α,β-unsaturated/α-hetero) is 1. The van der Waals surface area contributed by atoms with Gasteiger partial charge in [0.1, 0.15) is 11.5 Å². The number of amides is 1. The van der Waals surface area contributed by atoms with E-state index in [1.165, 1.54) is 12.0 Å². The van der Waals surface area contributed by atoms with Gasteiger partial charge in [-0.05, 0) is 53.8 Å². The minimum absolute atomic E-state index is 0.0101. The number of rotatable bonds is 5. The second kappa shape index (κ2) is 9.35. The summed E-state index contributed by atoms with van der Waals surface area (Å²) >= 11 is 6.35. The van der Waals surface area contributed by atoms with Gasteiger partial charge in [0.15, 0.2) is 0 Å². The van der Waals surface area contributed by atoms with Crippen molar-refractivity contribution in [3.8, 4) is 5.75 Å². The number of carbonyl (C=O) groups excluding carboxylic acids is 2. The van der Waals surface area contributed by atoms with Crippen molar-refractivity contribution in [1.29, 1.82) is 0 Å². The first kappa shape index (κ1) is 23.6. The number of nitrogens with zero attached hydrogens (tertiary/aromatic N) is 1. The summed E-state index contributed by atoms with van der Waals surface area (Å²) in [5.74, 6) is -1.22. The van der Waals surface area contributed by atoms with Crippen LogP contribution in [-0.4, -0.2) is 23.9 Å². The SMILES string of the molecule is COc1c(Cl)cc(C)cc1/C(O)=C1\C(=O)C(=O)N(c2ccc(C(C)C)cc2)C1c1ccccc1. The van der Waals surface area contributed by atoms with Gasteiger partial charge in [-0.15, -0.1) is 0 Å². The Bertz CT molecular complexity index is 1280. The Morgan fingerprint density at radius 1 is 1.03 bits per heavy atom. The highest BCUT2D eigenvalue weighted by Crippen LogP contribution is 2.44. The Balaban J connectivity index is 1.96. The van der Waals surface area contributed by atoms with E-state index in [0.29, 0.717) is 22.2 Å². The molecule has 1 heterocycles.